The van der Waals surface area contributed by atoms with E-state index in [0.29, 0.717) is 30.2 Å². The van der Waals surface area contributed by atoms with Crippen molar-refractivity contribution >= 4 is 11.6 Å². The van der Waals surface area contributed by atoms with E-state index in [1.165, 1.54) is 19.3 Å². The first-order valence-corrected chi connectivity index (χ1v) is 7.60. The molecule has 0 aromatic heterocycles. The second kappa shape index (κ2) is 9.86. The molecule has 0 unspecified atom stereocenters. The number of carbonyl (C=O) groups excluding carboxylic acids is 1. The first-order valence-electron chi connectivity index (χ1n) is 7.60. The predicted molar refractivity (Wildman–Crippen MR) is 87.6 cm³/mol. The number of nitrogen functional groups attached to an aromatic ring is 1. The van der Waals surface area contributed by atoms with Crippen molar-refractivity contribution in [2.45, 2.75) is 39.0 Å². The number of ether oxygens (including phenoxy) is 1. The molecule has 0 aliphatic heterocycles. The van der Waals surface area contributed by atoms with Gasteiger partial charge in [0.1, 0.15) is 5.75 Å². The number of hydrogen-bond donors (Lipinski definition) is 2. The van der Waals surface area contributed by atoms with Crippen molar-refractivity contribution in [3.05, 3.63) is 36.4 Å². The molecule has 0 radical (unpaired) electrons. The van der Waals surface area contributed by atoms with Crippen LogP contribution in [0.1, 0.15) is 49.4 Å². The van der Waals surface area contributed by atoms with Gasteiger partial charge in [0.25, 0.3) is 5.91 Å². The summed E-state index contributed by atoms with van der Waals surface area (Å²) in [7, 11) is 0. The molecule has 0 atom stereocenters. The van der Waals surface area contributed by atoms with E-state index in [9.17, 15) is 4.79 Å². The third-order valence-corrected chi connectivity index (χ3v) is 3.19. The molecule has 0 aliphatic rings. The van der Waals surface area contributed by atoms with Gasteiger partial charge in [-0.15, -0.1) is 6.58 Å². The summed E-state index contributed by atoms with van der Waals surface area (Å²) in [5.74, 6) is 0.430. The lowest BCUT2D eigenvalue weighted by Crippen LogP contribution is -2.23. The number of benzene rings is 1. The summed E-state index contributed by atoms with van der Waals surface area (Å²) in [5.41, 5.74) is 6.99. The van der Waals surface area contributed by atoms with Crippen LogP contribution in [0.2, 0.25) is 0 Å². The van der Waals surface area contributed by atoms with E-state index >= 15 is 0 Å². The molecule has 0 aliphatic carbocycles. The molecule has 0 spiro atoms. The molecule has 0 bridgehead atoms. The molecule has 1 amide bonds. The van der Waals surface area contributed by atoms with Gasteiger partial charge in [-0.3, -0.25) is 4.79 Å². The average Bonchev–Trinajstić information content (AvgIpc) is 2.50. The highest BCUT2D eigenvalue weighted by Gasteiger charge is 2.08. The van der Waals surface area contributed by atoms with Crippen LogP contribution < -0.4 is 15.8 Å². The molecule has 4 nitrogen and oxygen atoms in total. The largest absolute Gasteiger partial charge is 0.491 e. The second-order valence-corrected chi connectivity index (χ2v) is 5.01. The lowest BCUT2D eigenvalue weighted by molar-refractivity contribution is 0.0957. The highest BCUT2D eigenvalue weighted by Crippen LogP contribution is 2.23. The standard InChI is InChI=1S/C17H26N2O2/c1-3-5-6-7-8-12-21-16-13-14(9-10-15(16)18)17(20)19-11-4-2/h4,9-10,13H,2-3,5-8,11-12,18H2,1H3,(H,19,20). The fourth-order valence-corrected chi connectivity index (χ4v) is 1.96. The van der Waals surface area contributed by atoms with Crippen molar-refractivity contribution in [3.8, 4) is 5.75 Å². The normalized spacial score (nSPS) is 10.1. The number of hydrogen-bond acceptors (Lipinski definition) is 3. The van der Waals surface area contributed by atoms with Gasteiger partial charge in [0.15, 0.2) is 0 Å². The Morgan fingerprint density at radius 2 is 2.10 bits per heavy atom. The fraction of sp³-hybridized carbons (Fsp3) is 0.471. The predicted octanol–water partition coefficient (Wildman–Crippen LogP) is 3.53. The van der Waals surface area contributed by atoms with Crippen molar-refractivity contribution in [3.63, 3.8) is 0 Å². The van der Waals surface area contributed by atoms with Gasteiger partial charge in [-0.2, -0.15) is 0 Å². The number of nitrogens with one attached hydrogen (secondary N) is 1. The SMILES string of the molecule is C=CCNC(=O)c1ccc(N)c(OCCCCCCC)c1. The van der Waals surface area contributed by atoms with Crippen LogP contribution in [0, 0.1) is 0 Å². The average molecular weight is 290 g/mol. The number of anilines is 1. The highest BCUT2D eigenvalue weighted by atomic mass is 16.5. The Bertz CT molecular complexity index is 458. The van der Waals surface area contributed by atoms with Crippen LogP contribution in [0.4, 0.5) is 5.69 Å². The van der Waals surface area contributed by atoms with Crippen LogP contribution in [0.25, 0.3) is 0 Å². The van der Waals surface area contributed by atoms with E-state index in [1.54, 1.807) is 24.3 Å². The molecular formula is C17H26N2O2. The summed E-state index contributed by atoms with van der Waals surface area (Å²) in [6.45, 7) is 6.84. The Balaban J connectivity index is 2.49. The molecule has 1 aromatic rings. The van der Waals surface area contributed by atoms with Crippen molar-refractivity contribution in [2.24, 2.45) is 0 Å². The van der Waals surface area contributed by atoms with Crippen LogP contribution >= 0.6 is 0 Å². The Morgan fingerprint density at radius 1 is 1.33 bits per heavy atom. The topological polar surface area (TPSA) is 64.4 Å². The van der Waals surface area contributed by atoms with E-state index in [4.69, 9.17) is 10.5 Å². The maximum atomic E-state index is 11.9. The third-order valence-electron chi connectivity index (χ3n) is 3.19. The lowest BCUT2D eigenvalue weighted by atomic mass is 10.1. The number of unbranched alkanes of at least 4 members (excludes halogenated alkanes) is 4. The van der Waals surface area contributed by atoms with Gasteiger partial charge >= 0.3 is 0 Å². The van der Waals surface area contributed by atoms with Crippen molar-refractivity contribution in [2.75, 3.05) is 18.9 Å². The van der Waals surface area contributed by atoms with Crippen LogP contribution in [-0.2, 0) is 0 Å². The summed E-state index contributed by atoms with van der Waals surface area (Å²) in [6, 6.07) is 5.09. The molecular weight excluding hydrogens is 264 g/mol. The van der Waals surface area contributed by atoms with Gasteiger partial charge in [0.05, 0.1) is 12.3 Å². The maximum Gasteiger partial charge on any atom is 0.251 e. The Hall–Kier alpha value is -1.97. The van der Waals surface area contributed by atoms with Gasteiger partial charge in [-0.1, -0.05) is 38.7 Å². The summed E-state index contributed by atoms with van der Waals surface area (Å²) >= 11 is 0. The van der Waals surface area contributed by atoms with Gasteiger partial charge in [-0.05, 0) is 24.6 Å². The lowest BCUT2D eigenvalue weighted by Gasteiger charge is -2.10. The Morgan fingerprint density at radius 3 is 2.81 bits per heavy atom. The molecule has 116 valence electrons. The Kier molecular flexibility index (Phi) is 8.02. The maximum absolute atomic E-state index is 11.9. The minimum absolute atomic E-state index is 0.150. The summed E-state index contributed by atoms with van der Waals surface area (Å²) in [6.07, 6.45) is 7.54. The summed E-state index contributed by atoms with van der Waals surface area (Å²) < 4.78 is 5.69. The number of amides is 1. The molecule has 1 aromatic carbocycles. The number of nitrogens with two attached hydrogens (primary N) is 1. The van der Waals surface area contributed by atoms with Crippen LogP contribution in [-0.4, -0.2) is 19.1 Å². The minimum atomic E-state index is -0.150. The number of carbonyl (C=O) groups is 1. The van der Waals surface area contributed by atoms with Gasteiger partial charge in [0.2, 0.25) is 0 Å². The molecule has 3 N–H and O–H groups in total. The van der Waals surface area contributed by atoms with E-state index in [-0.39, 0.29) is 5.91 Å². The zero-order chi connectivity index (χ0) is 15.5. The Labute approximate surface area is 127 Å². The van der Waals surface area contributed by atoms with Crippen LogP contribution in [0.5, 0.6) is 5.75 Å². The van der Waals surface area contributed by atoms with Gasteiger partial charge in [-0.25, -0.2) is 0 Å². The third kappa shape index (κ3) is 6.34. The van der Waals surface area contributed by atoms with Crippen molar-refractivity contribution in [1.29, 1.82) is 0 Å². The van der Waals surface area contributed by atoms with Gasteiger partial charge in [0, 0.05) is 12.1 Å². The van der Waals surface area contributed by atoms with E-state index in [0.717, 1.165) is 12.8 Å². The fourth-order valence-electron chi connectivity index (χ4n) is 1.96. The van der Waals surface area contributed by atoms with E-state index < -0.39 is 0 Å². The summed E-state index contributed by atoms with van der Waals surface area (Å²) in [4.78, 5) is 11.9. The van der Waals surface area contributed by atoms with E-state index in [1.807, 2.05) is 0 Å². The zero-order valence-electron chi connectivity index (χ0n) is 12.9. The van der Waals surface area contributed by atoms with Crippen molar-refractivity contribution in [1.82, 2.24) is 5.32 Å². The van der Waals surface area contributed by atoms with Crippen molar-refractivity contribution < 1.29 is 9.53 Å². The number of rotatable bonds is 10. The molecule has 0 heterocycles. The minimum Gasteiger partial charge on any atom is -0.491 e. The molecule has 4 heteroatoms. The van der Waals surface area contributed by atoms with Gasteiger partial charge < -0.3 is 15.8 Å². The zero-order valence-corrected chi connectivity index (χ0v) is 12.9. The smallest absolute Gasteiger partial charge is 0.251 e. The monoisotopic (exact) mass is 290 g/mol. The molecule has 0 saturated carbocycles. The molecule has 0 saturated heterocycles. The molecule has 21 heavy (non-hydrogen) atoms. The molecule has 1 rings (SSSR count). The van der Waals surface area contributed by atoms with E-state index in [2.05, 4.69) is 18.8 Å². The first kappa shape index (κ1) is 17.1. The summed E-state index contributed by atoms with van der Waals surface area (Å²) in [5, 5.41) is 2.73. The first-order chi connectivity index (χ1) is 10.2. The van der Waals surface area contributed by atoms with Crippen LogP contribution in [0.15, 0.2) is 30.9 Å². The quantitative estimate of drug-likeness (QED) is 0.393. The highest BCUT2D eigenvalue weighted by molar-refractivity contribution is 5.95. The second-order valence-electron chi connectivity index (χ2n) is 5.01. The molecule has 0 fully saturated rings. The van der Waals surface area contributed by atoms with Crippen LogP contribution in [0.3, 0.4) is 0 Å².